The summed E-state index contributed by atoms with van der Waals surface area (Å²) in [6.45, 7) is 1.43. The molecule has 4 rings (SSSR count). The zero-order chi connectivity index (χ0) is 8.58. The highest BCUT2D eigenvalue weighted by Crippen LogP contribution is 2.63. The summed E-state index contributed by atoms with van der Waals surface area (Å²) in [6, 6.07) is 1.00. The van der Waals surface area contributed by atoms with E-state index in [1.54, 1.807) is 25.7 Å². The van der Waals surface area contributed by atoms with Crippen LogP contribution in [0.4, 0.5) is 0 Å². The standard InChI is InChI=1S/C12H19N/c1-13-6-9-5-10(13)12-8-3-2-7(4-8)11(9)12/h7-12H,2-6H2,1H3. The minimum atomic E-state index is 1.00. The number of hydrogen-bond acceptors (Lipinski definition) is 1. The van der Waals surface area contributed by atoms with Crippen molar-refractivity contribution < 1.29 is 0 Å². The van der Waals surface area contributed by atoms with Crippen molar-refractivity contribution in [2.24, 2.45) is 29.6 Å². The third-order valence-corrected chi connectivity index (χ3v) is 5.67. The normalized spacial score (nSPS) is 63.5. The third-order valence-electron chi connectivity index (χ3n) is 5.67. The van der Waals surface area contributed by atoms with Crippen LogP contribution in [-0.2, 0) is 0 Å². The molecule has 72 valence electrons. The van der Waals surface area contributed by atoms with Crippen molar-refractivity contribution in [3.63, 3.8) is 0 Å². The van der Waals surface area contributed by atoms with E-state index in [-0.39, 0.29) is 0 Å². The fourth-order valence-corrected chi connectivity index (χ4v) is 5.45. The van der Waals surface area contributed by atoms with Gasteiger partial charge in [-0.15, -0.1) is 0 Å². The van der Waals surface area contributed by atoms with E-state index in [1.807, 2.05) is 0 Å². The highest BCUT2D eigenvalue weighted by molar-refractivity contribution is 5.11. The van der Waals surface area contributed by atoms with Gasteiger partial charge in [0.25, 0.3) is 0 Å². The van der Waals surface area contributed by atoms with E-state index < -0.39 is 0 Å². The Kier molecular flexibility index (Phi) is 1.19. The maximum Gasteiger partial charge on any atom is 0.0129 e. The number of hydrogen-bond donors (Lipinski definition) is 0. The first-order chi connectivity index (χ1) is 6.34. The molecule has 6 unspecified atom stereocenters. The lowest BCUT2D eigenvalue weighted by Crippen LogP contribution is -2.42. The highest BCUT2D eigenvalue weighted by atomic mass is 15.2. The summed E-state index contributed by atoms with van der Waals surface area (Å²) in [5.74, 6) is 5.74. The number of fused-ring (bicyclic) bond motifs is 9. The molecule has 0 spiro atoms. The molecule has 1 heteroatoms. The minimum absolute atomic E-state index is 1.00. The second-order valence-corrected chi connectivity index (χ2v) is 5.99. The molecule has 4 fully saturated rings. The molecule has 0 radical (unpaired) electrons. The average Bonchev–Trinajstić information content (AvgIpc) is 2.78. The Bertz CT molecular complexity index is 250. The van der Waals surface area contributed by atoms with E-state index in [0.29, 0.717) is 0 Å². The van der Waals surface area contributed by atoms with E-state index in [2.05, 4.69) is 11.9 Å². The first-order valence-corrected chi connectivity index (χ1v) is 6.05. The Balaban J connectivity index is 1.75. The smallest absolute Gasteiger partial charge is 0.0129 e. The van der Waals surface area contributed by atoms with Crippen LogP contribution in [0.1, 0.15) is 25.7 Å². The summed E-state index contributed by atoms with van der Waals surface area (Å²) in [7, 11) is 2.35. The molecule has 1 saturated heterocycles. The van der Waals surface area contributed by atoms with Crippen LogP contribution in [0.3, 0.4) is 0 Å². The zero-order valence-electron chi connectivity index (χ0n) is 8.45. The molecule has 4 bridgehead atoms. The Morgan fingerprint density at radius 3 is 2.54 bits per heavy atom. The van der Waals surface area contributed by atoms with E-state index >= 15 is 0 Å². The SMILES string of the molecule is CN1CC2CC1C1C3CCC(C3)C21. The van der Waals surface area contributed by atoms with Crippen molar-refractivity contribution in [1.29, 1.82) is 0 Å². The van der Waals surface area contributed by atoms with Gasteiger partial charge < -0.3 is 4.90 Å². The molecule has 6 atom stereocenters. The molecule has 1 aliphatic heterocycles. The van der Waals surface area contributed by atoms with Crippen molar-refractivity contribution in [3.8, 4) is 0 Å². The van der Waals surface area contributed by atoms with E-state index in [4.69, 9.17) is 0 Å². The molecular formula is C12H19N. The number of rotatable bonds is 0. The predicted octanol–water partition coefficient (Wildman–Crippen LogP) is 1.98. The molecule has 0 amide bonds. The molecule has 0 N–H and O–H groups in total. The highest BCUT2D eigenvalue weighted by Gasteiger charge is 2.61. The maximum absolute atomic E-state index is 2.66. The molecule has 4 aliphatic rings. The fraction of sp³-hybridized carbons (Fsp3) is 1.00. The number of piperidine rings is 1. The Morgan fingerprint density at radius 2 is 1.69 bits per heavy atom. The molecule has 3 aliphatic carbocycles. The van der Waals surface area contributed by atoms with Crippen LogP contribution in [0.2, 0.25) is 0 Å². The van der Waals surface area contributed by atoms with Gasteiger partial charge in [0.2, 0.25) is 0 Å². The lowest BCUT2D eigenvalue weighted by Gasteiger charge is -2.39. The molecular weight excluding hydrogens is 158 g/mol. The van der Waals surface area contributed by atoms with E-state index in [0.717, 1.165) is 23.8 Å². The van der Waals surface area contributed by atoms with Crippen LogP contribution in [0.15, 0.2) is 0 Å². The largest absolute Gasteiger partial charge is 0.303 e. The third kappa shape index (κ3) is 0.707. The summed E-state index contributed by atoms with van der Waals surface area (Å²) < 4.78 is 0. The lowest BCUT2D eigenvalue weighted by atomic mass is 9.75. The lowest BCUT2D eigenvalue weighted by molar-refractivity contribution is 0.0875. The van der Waals surface area contributed by atoms with Gasteiger partial charge in [0.15, 0.2) is 0 Å². The monoisotopic (exact) mass is 177 g/mol. The molecule has 0 aromatic rings. The van der Waals surface area contributed by atoms with Crippen molar-refractivity contribution in [1.82, 2.24) is 4.90 Å². The van der Waals surface area contributed by atoms with Gasteiger partial charge in [-0.25, -0.2) is 0 Å². The molecule has 1 nitrogen and oxygen atoms in total. The van der Waals surface area contributed by atoms with Crippen molar-refractivity contribution in [3.05, 3.63) is 0 Å². The van der Waals surface area contributed by atoms with E-state index in [1.165, 1.54) is 18.4 Å². The van der Waals surface area contributed by atoms with Crippen LogP contribution >= 0.6 is 0 Å². The first-order valence-electron chi connectivity index (χ1n) is 6.05. The van der Waals surface area contributed by atoms with Crippen LogP contribution in [0.25, 0.3) is 0 Å². The Hall–Kier alpha value is -0.0400. The topological polar surface area (TPSA) is 3.24 Å². The molecule has 3 saturated carbocycles. The molecule has 0 aromatic heterocycles. The minimum Gasteiger partial charge on any atom is -0.303 e. The quantitative estimate of drug-likeness (QED) is 0.511. The second kappa shape index (κ2) is 2.13. The van der Waals surface area contributed by atoms with Crippen LogP contribution < -0.4 is 0 Å². The zero-order valence-corrected chi connectivity index (χ0v) is 8.45. The summed E-state index contributed by atoms with van der Waals surface area (Å²) >= 11 is 0. The first kappa shape index (κ1) is 7.28. The van der Waals surface area contributed by atoms with Crippen molar-refractivity contribution >= 4 is 0 Å². The Labute approximate surface area is 80.5 Å². The maximum atomic E-state index is 2.66. The summed E-state index contributed by atoms with van der Waals surface area (Å²) in [6.07, 6.45) is 6.32. The fourth-order valence-electron chi connectivity index (χ4n) is 5.45. The Morgan fingerprint density at radius 1 is 0.923 bits per heavy atom. The van der Waals surface area contributed by atoms with Gasteiger partial charge >= 0.3 is 0 Å². The summed E-state index contributed by atoms with van der Waals surface area (Å²) in [5.41, 5.74) is 0. The van der Waals surface area contributed by atoms with Gasteiger partial charge in [-0.3, -0.25) is 0 Å². The second-order valence-electron chi connectivity index (χ2n) is 5.99. The molecule has 13 heavy (non-hydrogen) atoms. The number of likely N-dealkylation sites (tertiary alicyclic amines) is 1. The predicted molar refractivity (Wildman–Crippen MR) is 52.3 cm³/mol. The van der Waals surface area contributed by atoms with Gasteiger partial charge in [-0.1, -0.05) is 0 Å². The van der Waals surface area contributed by atoms with Crippen molar-refractivity contribution in [2.75, 3.05) is 13.6 Å². The van der Waals surface area contributed by atoms with Crippen LogP contribution in [0, 0.1) is 29.6 Å². The number of nitrogens with zero attached hydrogens (tertiary/aromatic N) is 1. The van der Waals surface area contributed by atoms with Gasteiger partial charge in [-0.05, 0) is 62.3 Å². The molecule has 0 aromatic carbocycles. The van der Waals surface area contributed by atoms with Gasteiger partial charge in [0, 0.05) is 12.6 Å². The van der Waals surface area contributed by atoms with Crippen LogP contribution in [0.5, 0.6) is 0 Å². The van der Waals surface area contributed by atoms with Gasteiger partial charge in [-0.2, -0.15) is 0 Å². The summed E-state index contributed by atoms with van der Waals surface area (Å²) in [4.78, 5) is 2.66. The van der Waals surface area contributed by atoms with Crippen molar-refractivity contribution in [2.45, 2.75) is 31.7 Å². The van der Waals surface area contributed by atoms with E-state index in [9.17, 15) is 0 Å². The average molecular weight is 177 g/mol. The van der Waals surface area contributed by atoms with Gasteiger partial charge in [0.05, 0.1) is 0 Å². The van der Waals surface area contributed by atoms with Crippen LogP contribution in [-0.4, -0.2) is 24.5 Å². The summed E-state index contributed by atoms with van der Waals surface area (Å²) in [5, 5.41) is 0. The van der Waals surface area contributed by atoms with Gasteiger partial charge in [0.1, 0.15) is 0 Å². The molecule has 1 heterocycles.